The summed E-state index contributed by atoms with van der Waals surface area (Å²) < 4.78 is 9.71. The number of fused-ring (bicyclic) bond motifs is 1. The monoisotopic (exact) mass is 416 g/mol. The van der Waals surface area contributed by atoms with Gasteiger partial charge in [-0.3, -0.25) is 19.2 Å². The lowest BCUT2D eigenvalue weighted by Gasteiger charge is -2.60. The van der Waals surface area contributed by atoms with Crippen LogP contribution in [-0.4, -0.2) is 58.8 Å². The highest BCUT2D eigenvalue weighted by Crippen LogP contribution is 2.68. The molecule has 2 aliphatic heterocycles. The van der Waals surface area contributed by atoms with Gasteiger partial charge in [-0.15, -0.1) is 0 Å². The number of rotatable bonds is 2. The van der Waals surface area contributed by atoms with Crippen molar-refractivity contribution in [1.29, 1.82) is 0 Å². The third-order valence-electron chi connectivity index (χ3n) is 7.24. The van der Waals surface area contributed by atoms with E-state index >= 15 is 0 Å². The largest absolute Gasteiger partial charge is 0.449 e. The molecule has 0 aromatic carbocycles. The Morgan fingerprint density at radius 2 is 1.03 bits per heavy atom. The molecule has 10 nitrogen and oxygen atoms in total. The molecule has 4 fully saturated rings. The van der Waals surface area contributed by atoms with Crippen molar-refractivity contribution in [3.8, 4) is 0 Å². The van der Waals surface area contributed by atoms with Gasteiger partial charge in [0.2, 0.25) is 23.6 Å². The lowest BCUT2D eigenvalue weighted by Crippen LogP contribution is -2.63. The van der Waals surface area contributed by atoms with E-state index in [-0.39, 0.29) is 25.0 Å². The summed E-state index contributed by atoms with van der Waals surface area (Å²) in [4.78, 5) is 77.1. The minimum Gasteiger partial charge on any atom is -0.449 e. The van der Waals surface area contributed by atoms with Gasteiger partial charge >= 0.3 is 12.2 Å². The first kappa shape index (κ1) is 19.0. The maximum atomic E-state index is 13.0. The molecule has 2 saturated heterocycles. The zero-order valence-electron chi connectivity index (χ0n) is 16.3. The number of hydrogen-bond donors (Lipinski definition) is 0. The van der Waals surface area contributed by atoms with Crippen molar-refractivity contribution in [2.45, 2.75) is 13.8 Å². The Kier molecular flexibility index (Phi) is 3.93. The molecule has 0 N–H and O–H groups in total. The maximum absolute atomic E-state index is 13.0. The zero-order valence-corrected chi connectivity index (χ0v) is 16.3. The van der Waals surface area contributed by atoms with Gasteiger partial charge in [-0.2, -0.15) is 9.80 Å². The van der Waals surface area contributed by atoms with Gasteiger partial charge in [0.25, 0.3) is 0 Å². The molecule has 2 bridgehead atoms. The first-order valence-electron chi connectivity index (χ1n) is 10.1. The number of likely N-dealkylation sites (tertiary alicyclic amines) is 2. The molecule has 0 aromatic rings. The molecule has 6 rings (SSSR count). The van der Waals surface area contributed by atoms with Crippen LogP contribution >= 0.6 is 0 Å². The van der Waals surface area contributed by atoms with E-state index < -0.39 is 71.3 Å². The van der Waals surface area contributed by atoms with Gasteiger partial charge < -0.3 is 9.47 Å². The number of carbonyl (C=O) groups is 6. The van der Waals surface area contributed by atoms with Gasteiger partial charge in [0, 0.05) is 0 Å². The number of nitrogens with zero attached hydrogens (tertiary/aromatic N) is 2. The van der Waals surface area contributed by atoms with Crippen LogP contribution < -0.4 is 0 Å². The third-order valence-corrected chi connectivity index (χ3v) is 7.24. The lowest BCUT2D eigenvalue weighted by molar-refractivity contribution is -0.166. The molecule has 2 saturated carbocycles. The van der Waals surface area contributed by atoms with Crippen LogP contribution in [0.2, 0.25) is 0 Å². The number of imide groups is 6. The molecule has 4 aliphatic carbocycles. The van der Waals surface area contributed by atoms with E-state index in [2.05, 4.69) is 0 Å². The van der Waals surface area contributed by atoms with Gasteiger partial charge in [0.05, 0.1) is 36.9 Å². The second-order valence-corrected chi connectivity index (χ2v) is 8.22. The Hall–Kier alpha value is -3.04. The van der Waals surface area contributed by atoms with E-state index in [4.69, 9.17) is 9.47 Å². The number of amides is 6. The highest BCUT2D eigenvalue weighted by atomic mass is 16.6. The molecule has 158 valence electrons. The molecule has 0 aromatic heterocycles. The van der Waals surface area contributed by atoms with Crippen molar-refractivity contribution >= 4 is 35.8 Å². The fraction of sp³-hybridized carbons (Fsp3) is 0.600. The van der Waals surface area contributed by atoms with Crippen LogP contribution in [0.1, 0.15) is 13.8 Å². The van der Waals surface area contributed by atoms with Crippen LogP contribution in [0.15, 0.2) is 12.2 Å². The van der Waals surface area contributed by atoms with Crippen molar-refractivity contribution in [1.82, 2.24) is 9.80 Å². The maximum Gasteiger partial charge on any atom is 0.423 e. The Bertz CT molecular complexity index is 885. The fourth-order valence-corrected chi connectivity index (χ4v) is 6.34. The van der Waals surface area contributed by atoms with Crippen LogP contribution in [0, 0.1) is 47.3 Å². The van der Waals surface area contributed by atoms with Gasteiger partial charge in [-0.1, -0.05) is 12.2 Å². The molecular weight excluding hydrogens is 396 g/mol. The molecule has 10 heteroatoms. The van der Waals surface area contributed by atoms with Crippen molar-refractivity contribution in [2.75, 3.05) is 13.2 Å². The Balaban J connectivity index is 1.48. The third kappa shape index (κ3) is 2.03. The molecule has 0 radical (unpaired) electrons. The minimum atomic E-state index is -0.991. The van der Waals surface area contributed by atoms with Gasteiger partial charge in [-0.05, 0) is 37.5 Å². The van der Waals surface area contributed by atoms with Crippen LogP contribution in [-0.2, 0) is 28.7 Å². The number of hydrogen-bond acceptors (Lipinski definition) is 8. The smallest absolute Gasteiger partial charge is 0.423 e. The molecule has 8 atom stereocenters. The molecule has 6 amide bonds. The molecule has 0 unspecified atom stereocenters. The summed E-state index contributed by atoms with van der Waals surface area (Å²) in [6.07, 6.45) is 1.65. The Morgan fingerprint density at radius 3 is 1.37 bits per heavy atom. The Labute approximate surface area is 171 Å². The van der Waals surface area contributed by atoms with Crippen molar-refractivity contribution < 1.29 is 38.2 Å². The minimum absolute atomic E-state index is 0.0262. The standard InChI is InChI=1S/C20H20N2O8/c1-3-29-19(27)21-15(23)11-7-5-6-8(12(11)16(21)24)10-9(7)13-14(10)18(26)22(17(13)25)20(28)30-4-2/h5-14H,3-4H2,1-2H3/t7-,8+,9-,10-,11+,12+,13-,14-/m1/s1. The van der Waals surface area contributed by atoms with E-state index in [1.165, 1.54) is 0 Å². The van der Waals surface area contributed by atoms with E-state index in [0.29, 0.717) is 9.80 Å². The molecule has 0 spiro atoms. The van der Waals surface area contributed by atoms with Crippen LogP contribution in [0.4, 0.5) is 9.59 Å². The first-order valence-corrected chi connectivity index (χ1v) is 10.1. The average Bonchev–Trinajstić information content (AvgIpc) is 3.06. The van der Waals surface area contributed by atoms with Gasteiger partial charge in [0.15, 0.2) is 0 Å². The normalized spacial score (nSPS) is 40.2. The van der Waals surface area contributed by atoms with Crippen LogP contribution in [0.5, 0.6) is 0 Å². The second-order valence-electron chi connectivity index (χ2n) is 8.22. The van der Waals surface area contributed by atoms with E-state index in [9.17, 15) is 28.8 Å². The quantitative estimate of drug-likeness (QED) is 0.472. The summed E-state index contributed by atoms with van der Waals surface area (Å²) in [7, 11) is 0. The Morgan fingerprint density at radius 1 is 0.700 bits per heavy atom. The average molecular weight is 416 g/mol. The predicted octanol–water partition coefficient (Wildman–Crippen LogP) is 0.564. The highest BCUT2D eigenvalue weighted by Gasteiger charge is 2.76. The van der Waals surface area contributed by atoms with Gasteiger partial charge in [0.1, 0.15) is 0 Å². The highest BCUT2D eigenvalue weighted by molar-refractivity contribution is 6.18. The lowest BCUT2D eigenvalue weighted by atomic mass is 9.40. The molecule has 30 heavy (non-hydrogen) atoms. The van der Waals surface area contributed by atoms with Crippen LogP contribution in [0.25, 0.3) is 0 Å². The zero-order chi connectivity index (χ0) is 21.5. The first-order chi connectivity index (χ1) is 14.3. The predicted molar refractivity (Wildman–Crippen MR) is 94.8 cm³/mol. The van der Waals surface area contributed by atoms with E-state index in [0.717, 1.165) is 0 Å². The molecular formula is C20H20N2O8. The fourth-order valence-electron chi connectivity index (χ4n) is 6.34. The number of allylic oxidation sites excluding steroid dienone is 2. The topological polar surface area (TPSA) is 127 Å². The summed E-state index contributed by atoms with van der Waals surface area (Å²) in [5.41, 5.74) is 0. The SMILES string of the molecule is CCOC(=O)N1C(=O)[C@H]2[C@H]3C=C[C@@H]([C@@H]2C1=O)[C@H]1[C@H]2C(=O)N(C(=O)OCC)C(=O)[C@@H]2[C@H]31. The summed E-state index contributed by atoms with van der Waals surface area (Å²) in [5, 5.41) is 0. The summed E-state index contributed by atoms with van der Waals surface area (Å²) in [6, 6.07) is 0. The van der Waals surface area contributed by atoms with E-state index in [1.807, 2.05) is 12.2 Å². The van der Waals surface area contributed by atoms with E-state index in [1.54, 1.807) is 13.8 Å². The van der Waals surface area contributed by atoms with Crippen molar-refractivity contribution in [2.24, 2.45) is 47.3 Å². The van der Waals surface area contributed by atoms with Gasteiger partial charge in [-0.25, -0.2) is 9.59 Å². The van der Waals surface area contributed by atoms with Crippen molar-refractivity contribution in [3.63, 3.8) is 0 Å². The number of carbonyl (C=O) groups excluding carboxylic acids is 6. The summed E-state index contributed by atoms with van der Waals surface area (Å²) >= 11 is 0. The van der Waals surface area contributed by atoms with Crippen LogP contribution in [0.3, 0.4) is 0 Å². The number of ether oxygens (including phenoxy) is 2. The van der Waals surface area contributed by atoms with Crippen molar-refractivity contribution in [3.05, 3.63) is 12.2 Å². The summed E-state index contributed by atoms with van der Waals surface area (Å²) in [5.74, 6) is -7.01. The second kappa shape index (κ2) is 6.23. The summed E-state index contributed by atoms with van der Waals surface area (Å²) in [6.45, 7) is 3.21. The molecule has 6 aliphatic rings. The molecule has 2 heterocycles.